The number of nitrogens with one attached hydrogen (secondary N) is 1. The number of aromatic nitrogens is 3. The van der Waals surface area contributed by atoms with Gasteiger partial charge in [-0.05, 0) is 55.5 Å². The Bertz CT molecular complexity index is 1110. The summed E-state index contributed by atoms with van der Waals surface area (Å²) < 4.78 is 1.97. The van der Waals surface area contributed by atoms with Gasteiger partial charge in [0.2, 0.25) is 5.91 Å². The quantitative estimate of drug-likeness (QED) is 0.727. The van der Waals surface area contributed by atoms with Gasteiger partial charge in [0, 0.05) is 62.3 Å². The highest BCUT2D eigenvalue weighted by Gasteiger charge is 2.46. The van der Waals surface area contributed by atoms with Crippen LogP contribution in [-0.2, 0) is 4.79 Å². The minimum atomic E-state index is 0.309. The normalized spacial score (nSPS) is 23.2. The molecule has 30 heavy (non-hydrogen) atoms. The Morgan fingerprint density at radius 1 is 1.03 bits per heavy atom. The molecule has 6 rings (SSSR count). The van der Waals surface area contributed by atoms with Gasteiger partial charge in [-0.3, -0.25) is 4.79 Å². The van der Waals surface area contributed by atoms with E-state index in [1.165, 1.54) is 5.69 Å². The summed E-state index contributed by atoms with van der Waals surface area (Å²) >= 11 is 0. The lowest BCUT2D eigenvalue weighted by molar-refractivity contribution is -0.135. The van der Waals surface area contributed by atoms with E-state index in [2.05, 4.69) is 49.6 Å². The van der Waals surface area contributed by atoms with Crippen LogP contribution in [0.3, 0.4) is 0 Å². The van der Waals surface area contributed by atoms with E-state index in [-0.39, 0.29) is 0 Å². The lowest BCUT2D eigenvalue weighted by Crippen LogP contribution is -2.56. The Kier molecular flexibility index (Phi) is 3.97. The molecule has 0 radical (unpaired) electrons. The highest BCUT2D eigenvalue weighted by Crippen LogP contribution is 2.39. The van der Waals surface area contributed by atoms with Crippen molar-refractivity contribution in [3.8, 4) is 11.1 Å². The van der Waals surface area contributed by atoms with Crippen molar-refractivity contribution in [1.29, 1.82) is 0 Å². The van der Waals surface area contributed by atoms with Gasteiger partial charge in [0.05, 0.1) is 11.2 Å². The van der Waals surface area contributed by atoms with Crippen LogP contribution >= 0.6 is 0 Å². The van der Waals surface area contributed by atoms with Gasteiger partial charge < -0.3 is 15.1 Å². The molecule has 1 aliphatic carbocycles. The molecule has 154 valence electrons. The summed E-state index contributed by atoms with van der Waals surface area (Å²) in [5, 5.41) is 7.65. The van der Waals surface area contributed by atoms with E-state index in [0.717, 1.165) is 61.2 Å². The number of carbonyl (C=O) groups excluding carboxylic acids is 1. The number of amides is 1. The maximum absolute atomic E-state index is 12.8. The second-order valence-electron chi connectivity index (χ2n) is 8.76. The summed E-state index contributed by atoms with van der Waals surface area (Å²) in [4.78, 5) is 21.8. The van der Waals surface area contributed by atoms with Crippen LogP contribution in [0.25, 0.3) is 16.6 Å². The van der Waals surface area contributed by atoms with Crippen molar-refractivity contribution < 1.29 is 4.79 Å². The molecule has 5 heterocycles. The fourth-order valence-corrected chi connectivity index (χ4v) is 5.17. The van der Waals surface area contributed by atoms with Gasteiger partial charge in [-0.2, -0.15) is 5.10 Å². The van der Waals surface area contributed by atoms with Crippen LogP contribution in [0.2, 0.25) is 0 Å². The predicted molar refractivity (Wildman–Crippen MR) is 117 cm³/mol. The Labute approximate surface area is 175 Å². The second-order valence-corrected chi connectivity index (χ2v) is 8.76. The molecule has 2 unspecified atom stereocenters. The average Bonchev–Trinajstić information content (AvgIpc) is 3.48. The zero-order valence-corrected chi connectivity index (χ0v) is 17.2. The molecule has 1 amide bonds. The molecule has 2 bridgehead atoms. The Balaban J connectivity index is 1.32. The van der Waals surface area contributed by atoms with Crippen molar-refractivity contribution in [1.82, 2.24) is 19.5 Å². The molecule has 7 nitrogen and oxygen atoms in total. The van der Waals surface area contributed by atoms with Crippen molar-refractivity contribution in [3.05, 3.63) is 42.9 Å². The smallest absolute Gasteiger partial charge is 0.226 e. The van der Waals surface area contributed by atoms with Gasteiger partial charge in [0.25, 0.3) is 0 Å². The van der Waals surface area contributed by atoms with Crippen molar-refractivity contribution in [2.24, 2.45) is 5.92 Å². The van der Waals surface area contributed by atoms with Gasteiger partial charge in [-0.15, -0.1) is 0 Å². The highest BCUT2D eigenvalue weighted by molar-refractivity contribution is 5.83. The van der Waals surface area contributed by atoms with Crippen molar-refractivity contribution >= 4 is 22.9 Å². The van der Waals surface area contributed by atoms with E-state index >= 15 is 0 Å². The summed E-state index contributed by atoms with van der Waals surface area (Å²) in [6, 6.07) is 9.09. The third kappa shape index (κ3) is 2.83. The van der Waals surface area contributed by atoms with E-state index in [1.54, 1.807) is 0 Å². The topological polar surface area (TPSA) is 65.8 Å². The molecular weight excluding hydrogens is 376 g/mol. The number of fused-ring (bicyclic) bond motifs is 3. The number of anilines is 2. The van der Waals surface area contributed by atoms with Crippen LogP contribution in [0.4, 0.5) is 11.5 Å². The van der Waals surface area contributed by atoms with Crippen molar-refractivity contribution in [3.63, 3.8) is 0 Å². The Morgan fingerprint density at radius 3 is 2.57 bits per heavy atom. The van der Waals surface area contributed by atoms with Crippen LogP contribution < -0.4 is 10.2 Å². The summed E-state index contributed by atoms with van der Waals surface area (Å²) in [5.74, 6) is 1.57. The van der Waals surface area contributed by atoms with Crippen molar-refractivity contribution in [2.75, 3.05) is 30.4 Å². The standard InChI is InChI=1S/C23H26N6O/c1-24-22-11-16(6-8-25-22)17-10-21-20(7-9-26-28(21)12-17)27-13-18-4-5-19(14-27)29(18)23(30)15-2-3-15/h6-12,15,18-19H,2-5,13-14H2,1H3,(H,24,25). The minimum absolute atomic E-state index is 0.309. The molecule has 3 fully saturated rings. The maximum Gasteiger partial charge on any atom is 0.226 e. The first-order valence-electron chi connectivity index (χ1n) is 10.9. The zero-order valence-electron chi connectivity index (χ0n) is 17.2. The number of hydrogen-bond acceptors (Lipinski definition) is 5. The maximum atomic E-state index is 12.8. The third-order valence-corrected chi connectivity index (χ3v) is 6.84. The first-order chi connectivity index (χ1) is 14.7. The van der Waals surface area contributed by atoms with E-state index in [0.29, 0.717) is 23.9 Å². The van der Waals surface area contributed by atoms with E-state index in [9.17, 15) is 4.79 Å². The highest BCUT2D eigenvalue weighted by atomic mass is 16.2. The molecule has 0 spiro atoms. The monoisotopic (exact) mass is 402 g/mol. The molecule has 3 aromatic heterocycles. The predicted octanol–water partition coefficient (Wildman–Crippen LogP) is 3.03. The van der Waals surface area contributed by atoms with E-state index in [1.807, 2.05) is 30.0 Å². The SMILES string of the molecule is CNc1cc(-c2cc3c(N4CC5CCC(C4)N5C(=O)C4CC4)ccnn3c2)ccn1. The van der Waals surface area contributed by atoms with Gasteiger partial charge in [-0.1, -0.05) is 0 Å². The largest absolute Gasteiger partial charge is 0.373 e. The van der Waals surface area contributed by atoms with Crippen LogP contribution in [0.1, 0.15) is 25.7 Å². The lowest BCUT2D eigenvalue weighted by atomic mass is 10.1. The third-order valence-electron chi connectivity index (χ3n) is 6.84. The number of piperazine rings is 1. The molecule has 1 saturated carbocycles. The van der Waals surface area contributed by atoms with Crippen LogP contribution in [-0.4, -0.2) is 57.6 Å². The van der Waals surface area contributed by atoms with E-state index < -0.39 is 0 Å². The number of pyridine rings is 1. The first-order valence-corrected chi connectivity index (χ1v) is 10.9. The number of nitrogens with zero attached hydrogens (tertiary/aromatic N) is 5. The van der Waals surface area contributed by atoms with Crippen LogP contribution in [0.5, 0.6) is 0 Å². The molecule has 1 N–H and O–H groups in total. The molecule has 7 heteroatoms. The van der Waals surface area contributed by atoms with Gasteiger partial charge in [0.15, 0.2) is 0 Å². The number of hydrogen-bond donors (Lipinski definition) is 1. The summed E-state index contributed by atoms with van der Waals surface area (Å²) in [6.07, 6.45) is 10.2. The van der Waals surface area contributed by atoms with Gasteiger partial charge in [-0.25, -0.2) is 9.50 Å². The molecule has 3 aliphatic rings. The van der Waals surface area contributed by atoms with E-state index in [4.69, 9.17) is 0 Å². The first kappa shape index (κ1) is 17.7. The number of rotatable bonds is 4. The minimum Gasteiger partial charge on any atom is -0.373 e. The molecule has 0 aromatic carbocycles. The average molecular weight is 403 g/mol. The lowest BCUT2D eigenvalue weighted by Gasteiger charge is -2.42. The van der Waals surface area contributed by atoms with Crippen LogP contribution in [0, 0.1) is 5.92 Å². The molecular formula is C23H26N6O. The summed E-state index contributed by atoms with van der Waals surface area (Å²) in [6.45, 7) is 1.82. The molecule has 2 aliphatic heterocycles. The zero-order chi connectivity index (χ0) is 20.2. The second kappa shape index (κ2) is 6.72. The summed E-state index contributed by atoms with van der Waals surface area (Å²) in [5.41, 5.74) is 4.55. The molecule has 3 aromatic rings. The summed E-state index contributed by atoms with van der Waals surface area (Å²) in [7, 11) is 1.88. The molecule has 2 saturated heterocycles. The fourth-order valence-electron chi connectivity index (χ4n) is 5.17. The Morgan fingerprint density at radius 2 is 1.83 bits per heavy atom. The van der Waals surface area contributed by atoms with Crippen molar-refractivity contribution in [2.45, 2.75) is 37.8 Å². The Hall–Kier alpha value is -3.09. The van der Waals surface area contributed by atoms with Gasteiger partial charge >= 0.3 is 0 Å². The number of carbonyl (C=O) groups is 1. The fraction of sp³-hybridized carbons (Fsp3) is 0.435. The van der Waals surface area contributed by atoms with Crippen LogP contribution in [0.15, 0.2) is 42.9 Å². The molecule has 2 atom stereocenters. The van der Waals surface area contributed by atoms with Gasteiger partial charge in [0.1, 0.15) is 5.82 Å².